The van der Waals surface area contributed by atoms with Crippen molar-refractivity contribution in [3.63, 3.8) is 0 Å². The second kappa shape index (κ2) is 5.82. The average molecular weight is 313 g/mol. The normalized spacial score (nSPS) is 11.3. The summed E-state index contributed by atoms with van der Waals surface area (Å²) in [5, 5.41) is 9.13. The van der Waals surface area contributed by atoms with Crippen molar-refractivity contribution < 1.29 is 18.3 Å². The largest absolute Gasteiger partial charge is 0.497 e. The van der Waals surface area contributed by atoms with Gasteiger partial charge < -0.3 is 9.84 Å². The topological polar surface area (TPSA) is 75.6 Å². The molecule has 108 valence electrons. The van der Waals surface area contributed by atoms with E-state index in [1.165, 1.54) is 0 Å². The van der Waals surface area contributed by atoms with E-state index in [0.29, 0.717) is 16.3 Å². The van der Waals surface area contributed by atoms with E-state index in [1.807, 2.05) is 0 Å². The van der Waals surface area contributed by atoms with Crippen molar-refractivity contribution in [2.24, 2.45) is 0 Å². The number of methoxy groups -OCH3 is 1. The van der Waals surface area contributed by atoms with Crippen LogP contribution in [0, 0.1) is 6.92 Å². The highest BCUT2D eigenvalue weighted by atomic mass is 32.2. The lowest BCUT2D eigenvalue weighted by molar-refractivity contribution is 0.285. The lowest BCUT2D eigenvalue weighted by Crippen LogP contribution is -2.11. The van der Waals surface area contributed by atoms with Gasteiger partial charge in [0.25, 0.3) is 10.0 Å². The van der Waals surface area contributed by atoms with Crippen molar-refractivity contribution >= 4 is 27.0 Å². The zero-order chi connectivity index (χ0) is 14.8. The minimum Gasteiger partial charge on any atom is -0.497 e. The van der Waals surface area contributed by atoms with Gasteiger partial charge in [0, 0.05) is 10.6 Å². The molecule has 0 bridgehead atoms. The van der Waals surface area contributed by atoms with Crippen molar-refractivity contribution in [3.05, 3.63) is 40.8 Å². The molecule has 2 aromatic rings. The third-order valence-electron chi connectivity index (χ3n) is 2.75. The van der Waals surface area contributed by atoms with Crippen molar-refractivity contribution in [2.45, 2.75) is 17.7 Å². The minimum absolute atomic E-state index is 0.158. The second-order valence-electron chi connectivity index (χ2n) is 4.16. The standard InChI is InChI=1S/C13H15NO4S2/c1-9-7-13(19-12(9)8-15)20(16,17)14-10-3-5-11(18-2)6-4-10/h3-7,14-15H,8H2,1-2H3. The van der Waals surface area contributed by atoms with Crippen LogP contribution in [0.25, 0.3) is 0 Å². The molecule has 0 aliphatic rings. The van der Waals surface area contributed by atoms with Gasteiger partial charge in [-0.1, -0.05) is 0 Å². The molecule has 0 fully saturated rings. The number of aliphatic hydroxyl groups is 1. The van der Waals surface area contributed by atoms with Crippen LogP contribution in [0.2, 0.25) is 0 Å². The molecule has 0 saturated heterocycles. The summed E-state index contributed by atoms with van der Waals surface area (Å²) in [6, 6.07) is 8.17. The number of benzene rings is 1. The molecule has 0 unspecified atom stereocenters. The van der Waals surface area contributed by atoms with Gasteiger partial charge in [0.15, 0.2) is 0 Å². The molecule has 0 spiro atoms. The van der Waals surface area contributed by atoms with Crippen LogP contribution in [0.3, 0.4) is 0 Å². The van der Waals surface area contributed by atoms with Crippen molar-refractivity contribution in [2.75, 3.05) is 11.8 Å². The number of aryl methyl sites for hydroxylation is 1. The monoisotopic (exact) mass is 313 g/mol. The van der Waals surface area contributed by atoms with Gasteiger partial charge in [-0.3, -0.25) is 4.72 Å². The molecule has 1 heterocycles. The molecule has 0 amide bonds. The first kappa shape index (κ1) is 14.8. The summed E-state index contributed by atoms with van der Waals surface area (Å²) in [6.07, 6.45) is 0. The summed E-state index contributed by atoms with van der Waals surface area (Å²) in [7, 11) is -2.08. The van der Waals surface area contributed by atoms with Gasteiger partial charge in [0.1, 0.15) is 9.96 Å². The predicted octanol–water partition coefficient (Wildman–Crippen LogP) is 2.36. The van der Waals surface area contributed by atoms with E-state index in [-0.39, 0.29) is 10.8 Å². The fraction of sp³-hybridized carbons (Fsp3) is 0.231. The van der Waals surface area contributed by atoms with Crippen LogP contribution < -0.4 is 9.46 Å². The highest BCUT2D eigenvalue weighted by Crippen LogP contribution is 2.28. The van der Waals surface area contributed by atoms with Crippen LogP contribution in [-0.4, -0.2) is 20.6 Å². The SMILES string of the molecule is COc1ccc(NS(=O)(=O)c2cc(C)c(CO)s2)cc1. The van der Waals surface area contributed by atoms with Crippen LogP contribution in [0.1, 0.15) is 10.4 Å². The van der Waals surface area contributed by atoms with Crippen LogP contribution >= 0.6 is 11.3 Å². The number of ether oxygens (including phenoxy) is 1. The van der Waals surface area contributed by atoms with Crippen molar-refractivity contribution in [3.8, 4) is 5.75 Å². The molecule has 2 N–H and O–H groups in total. The summed E-state index contributed by atoms with van der Waals surface area (Å²) in [5.41, 5.74) is 1.23. The fourth-order valence-electron chi connectivity index (χ4n) is 1.64. The smallest absolute Gasteiger partial charge is 0.271 e. The van der Waals surface area contributed by atoms with Gasteiger partial charge in [0.05, 0.1) is 13.7 Å². The quantitative estimate of drug-likeness (QED) is 0.888. The van der Waals surface area contributed by atoms with E-state index < -0.39 is 10.0 Å². The Kier molecular flexibility index (Phi) is 4.32. The van der Waals surface area contributed by atoms with Gasteiger partial charge >= 0.3 is 0 Å². The zero-order valence-corrected chi connectivity index (χ0v) is 12.7. The molecule has 7 heteroatoms. The molecule has 20 heavy (non-hydrogen) atoms. The summed E-state index contributed by atoms with van der Waals surface area (Å²) >= 11 is 1.07. The summed E-state index contributed by atoms with van der Waals surface area (Å²) in [4.78, 5) is 0.653. The molecule has 1 aromatic carbocycles. The molecule has 0 radical (unpaired) electrons. The van der Waals surface area contributed by atoms with Crippen molar-refractivity contribution in [1.82, 2.24) is 0 Å². The Morgan fingerprint density at radius 1 is 1.30 bits per heavy atom. The van der Waals surface area contributed by atoms with E-state index in [1.54, 1.807) is 44.4 Å². The van der Waals surface area contributed by atoms with Gasteiger partial charge in [-0.05, 0) is 42.8 Å². The molecular formula is C13H15NO4S2. The fourth-order valence-corrected chi connectivity index (χ4v) is 4.15. The molecule has 2 rings (SSSR count). The van der Waals surface area contributed by atoms with Crippen LogP contribution in [0.4, 0.5) is 5.69 Å². The highest BCUT2D eigenvalue weighted by Gasteiger charge is 2.18. The first-order valence-electron chi connectivity index (χ1n) is 5.83. The molecular weight excluding hydrogens is 298 g/mol. The Labute approximate surface area is 121 Å². The van der Waals surface area contributed by atoms with E-state index in [2.05, 4.69) is 4.72 Å². The minimum atomic E-state index is -3.63. The number of thiophene rings is 1. The van der Waals surface area contributed by atoms with Gasteiger partial charge in [0.2, 0.25) is 0 Å². The number of aliphatic hydroxyl groups excluding tert-OH is 1. The van der Waals surface area contributed by atoms with Gasteiger partial charge in [-0.15, -0.1) is 11.3 Å². The maximum Gasteiger partial charge on any atom is 0.271 e. The van der Waals surface area contributed by atoms with E-state index in [4.69, 9.17) is 9.84 Å². The van der Waals surface area contributed by atoms with E-state index >= 15 is 0 Å². The average Bonchev–Trinajstić information content (AvgIpc) is 2.81. The van der Waals surface area contributed by atoms with Crippen LogP contribution in [0.15, 0.2) is 34.5 Å². The lowest BCUT2D eigenvalue weighted by Gasteiger charge is -2.06. The number of nitrogens with one attached hydrogen (secondary N) is 1. The Bertz CT molecular complexity index is 690. The molecule has 0 atom stereocenters. The van der Waals surface area contributed by atoms with Crippen molar-refractivity contribution in [1.29, 1.82) is 0 Å². The first-order valence-corrected chi connectivity index (χ1v) is 8.13. The maximum absolute atomic E-state index is 12.2. The second-order valence-corrected chi connectivity index (χ2v) is 7.21. The van der Waals surface area contributed by atoms with E-state index in [9.17, 15) is 8.42 Å². The number of hydrogen-bond acceptors (Lipinski definition) is 5. The van der Waals surface area contributed by atoms with Gasteiger partial charge in [-0.2, -0.15) is 0 Å². The number of sulfonamides is 1. The third-order valence-corrected chi connectivity index (χ3v) is 5.83. The molecule has 1 aromatic heterocycles. The van der Waals surface area contributed by atoms with Crippen LogP contribution in [0.5, 0.6) is 5.75 Å². The Morgan fingerprint density at radius 3 is 2.45 bits per heavy atom. The number of rotatable bonds is 5. The first-order chi connectivity index (χ1) is 9.46. The maximum atomic E-state index is 12.2. The molecule has 0 aliphatic carbocycles. The number of anilines is 1. The summed E-state index contributed by atoms with van der Waals surface area (Å²) in [6.45, 7) is 1.61. The Balaban J connectivity index is 2.25. The Hall–Kier alpha value is -1.57. The number of hydrogen-bond donors (Lipinski definition) is 2. The predicted molar refractivity (Wildman–Crippen MR) is 78.8 cm³/mol. The summed E-state index contributed by atoms with van der Waals surface area (Å²) < 4.78 is 32.1. The van der Waals surface area contributed by atoms with Gasteiger partial charge in [-0.25, -0.2) is 8.42 Å². The Morgan fingerprint density at radius 2 is 1.95 bits per heavy atom. The zero-order valence-electron chi connectivity index (χ0n) is 11.1. The van der Waals surface area contributed by atoms with E-state index in [0.717, 1.165) is 16.9 Å². The molecule has 0 aliphatic heterocycles. The van der Waals surface area contributed by atoms with Crippen LogP contribution in [-0.2, 0) is 16.6 Å². The molecule has 5 nitrogen and oxygen atoms in total. The third kappa shape index (κ3) is 3.12. The summed E-state index contributed by atoms with van der Waals surface area (Å²) in [5.74, 6) is 0.655. The lowest BCUT2D eigenvalue weighted by atomic mass is 10.3. The molecule has 0 saturated carbocycles. The highest BCUT2D eigenvalue weighted by molar-refractivity contribution is 7.94.